The lowest BCUT2D eigenvalue weighted by molar-refractivity contribution is -0.119. The highest BCUT2D eigenvalue weighted by Crippen LogP contribution is 2.19. The smallest absolute Gasteiger partial charge is 0.217 e. The van der Waals surface area contributed by atoms with Gasteiger partial charge in [-0.15, -0.1) is 24.0 Å². The number of amides is 1. The van der Waals surface area contributed by atoms with Gasteiger partial charge >= 0.3 is 0 Å². The quantitative estimate of drug-likeness (QED) is 0.253. The van der Waals surface area contributed by atoms with Crippen molar-refractivity contribution in [3.63, 3.8) is 0 Å². The Morgan fingerprint density at radius 3 is 2.78 bits per heavy atom. The van der Waals surface area contributed by atoms with Gasteiger partial charge in [-0.05, 0) is 55.9 Å². The van der Waals surface area contributed by atoms with Crippen molar-refractivity contribution in [2.75, 3.05) is 33.3 Å². The fourth-order valence-corrected chi connectivity index (χ4v) is 3.19. The molecule has 1 unspecified atom stereocenters. The summed E-state index contributed by atoms with van der Waals surface area (Å²) >= 11 is 0. The van der Waals surface area contributed by atoms with Crippen LogP contribution in [0.3, 0.4) is 0 Å². The van der Waals surface area contributed by atoms with E-state index in [1.54, 1.807) is 19.2 Å². The first kappa shape index (κ1) is 23.5. The Kier molecular flexibility index (Phi) is 11.1. The number of hydrogen-bond donors (Lipinski definition) is 2. The Bertz CT molecular complexity index is 598. The summed E-state index contributed by atoms with van der Waals surface area (Å²) in [5.41, 5.74) is 5.32. The van der Waals surface area contributed by atoms with Gasteiger partial charge in [-0.2, -0.15) is 0 Å². The molecule has 0 radical (unpaired) electrons. The average Bonchev–Trinajstić information content (AvgIpc) is 2.62. The van der Waals surface area contributed by atoms with Gasteiger partial charge in [-0.3, -0.25) is 9.79 Å². The van der Waals surface area contributed by atoms with Gasteiger partial charge in [0.05, 0.1) is 6.61 Å². The molecule has 1 aliphatic rings. The third-order valence-electron chi connectivity index (χ3n) is 4.46. The summed E-state index contributed by atoms with van der Waals surface area (Å²) in [5, 5.41) is 3.37. The molecule has 0 bridgehead atoms. The van der Waals surface area contributed by atoms with Crippen molar-refractivity contribution < 1.29 is 13.9 Å². The summed E-state index contributed by atoms with van der Waals surface area (Å²) in [6.07, 6.45) is 4.36. The Morgan fingerprint density at radius 1 is 1.37 bits per heavy atom. The SMILES string of the molecule is CN=C(NCCCCOc1ccc(F)cc1)N1CCCC(CC(N)=O)C1.I. The van der Waals surface area contributed by atoms with Crippen LogP contribution in [0.15, 0.2) is 29.3 Å². The number of likely N-dealkylation sites (tertiary alicyclic amines) is 1. The molecule has 1 atom stereocenters. The number of unbranched alkanes of at least 4 members (excludes halogenated alkanes) is 1. The fraction of sp³-hybridized carbons (Fsp3) is 0.579. The number of nitrogens with zero attached hydrogens (tertiary/aromatic N) is 2. The van der Waals surface area contributed by atoms with Crippen LogP contribution in [-0.4, -0.2) is 50.1 Å². The maximum Gasteiger partial charge on any atom is 0.217 e. The van der Waals surface area contributed by atoms with Crippen molar-refractivity contribution in [2.24, 2.45) is 16.6 Å². The lowest BCUT2D eigenvalue weighted by Gasteiger charge is -2.34. The van der Waals surface area contributed by atoms with Crippen LogP contribution in [0.1, 0.15) is 32.1 Å². The number of carbonyl (C=O) groups is 1. The molecule has 152 valence electrons. The predicted molar refractivity (Wildman–Crippen MR) is 116 cm³/mol. The summed E-state index contributed by atoms with van der Waals surface area (Å²) in [5.74, 6) is 1.37. The Balaban J connectivity index is 0.00000364. The maximum atomic E-state index is 12.8. The fourth-order valence-electron chi connectivity index (χ4n) is 3.19. The van der Waals surface area contributed by atoms with Crippen LogP contribution in [-0.2, 0) is 4.79 Å². The number of nitrogens with two attached hydrogens (primary N) is 1. The average molecular weight is 492 g/mol. The highest BCUT2D eigenvalue weighted by molar-refractivity contribution is 14.0. The second-order valence-corrected chi connectivity index (χ2v) is 6.61. The summed E-state index contributed by atoms with van der Waals surface area (Å²) in [4.78, 5) is 17.7. The van der Waals surface area contributed by atoms with Crippen LogP contribution in [0.25, 0.3) is 0 Å². The van der Waals surface area contributed by atoms with Crippen molar-refractivity contribution in [1.29, 1.82) is 0 Å². The van der Waals surface area contributed by atoms with Gasteiger partial charge in [0.2, 0.25) is 5.91 Å². The van der Waals surface area contributed by atoms with Gasteiger partial charge in [0.15, 0.2) is 5.96 Å². The first-order valence-electron chi connectivity index (χ1n) is 9.20. The van der Waals surface area contributed by atoms with Crippen molar-refractivity contribution in [1.82, 2.24) is 10.2 Å². The Morgan fingerprint density at radius 2 is 2.11 bits per heavy atom. The number of halogens is 2. The maximum absolute atomic E-state index is 12.8. The lowest BCUT2D eigenvalue weighted by atomic mass is 9.95. The molecular formula is C19H30FIN4O2. The number of hydrogen-bond acceptors (Lipinski definition) is 3. The summed E-state index contributed by atoms with van der Waals surface area (Å²) in [6.45, 7) is 3.16. The number of piperidine rings is 1. The van der Waals surface area contributed by atoms with Crippen molar-refractivity contribution >= 4 is 35.8 Å². The molecular weight excluding hydrogens is 462 g/mol. The molecule has 0 aromatic heterocycles. The highest BCUT2D eigenvalue weighted by atomic mass is 127. The molecule has 1 fully saturated rings. The van der Waals surface area contributed by atoms with Crippen molar-refractivity contribution in [3.8, 4) is 5.75 Å². The van der Waals surface area contributed by atoms with Crippen LogP contribution < -0.4 is 15.8 Å². The second-order valence-electron chi connectivity index (χ2n) is 6.61. The van der Waals surface area contributed by atoms with Crippen LogP contribution in [0.4, 0.5) is 4.39 Å². The largest absolute Gasteiger partial charge is 0.494 e. The van der Waals surface area contributed by atoms with E-state index in [0.29, 0.717) is 24.7 Å². The molecule has 1 amide bonds. The second kappa shape index (κ2) is 12.7. The minimum Gasteiger partial charge on any atom is -0.494 e. The molecule has 27 heavy (non-hydrogen) atoms. The number of benzene rings is 1. The summed E-state index contributed by atoms with van der Waals surface area (Å²) in [6, 6.07) is 6.05. The van der Waals surface area contributed by atoms with Gasteiger partial charge in [-0.1, -0.05) is 0 Å². The Labute approximate surface area is 177 Å². The first-order valence-corrected chi connectivity index (χ1v) is 9.20. The van der Waals surface area contributed by atoms with E-state index in [4.69, 9.17) is 10.5 Å². The van der Waals surface area contributed by atoms with E-state index in [2.05, 4.69) is 15.2 Å². The van der Waals surface area contributed by atoms with E-state index < -0.39 is 0 Å². The van der Waals surface area contributed by atoms with Crippen LogP contribution in [0.2, 0.25) is 0 Å². The standard InChI is InChI=1S/C19H29FN4O2.HI/c1-22-19(24-11-4-5-15(14-24)13-18(21)25)23-10-2-3-12-26-17-8-6-16(20)7-9-17;/h6-9,15H,2-5,10-14H2,1H3,(H2,21,25)(H,22,23);1H. The number of rotatable bonds is 8. The third kappa shape index (κ3) is 8.77. The van der Waals surface area contributed by atoms with E-state index in [1.807, 2.05) is 0 Å². The summed E-state index contributed by atoms with van der Waals surface area (Å²) < 4.78 is 18.4. The molecule has 1 saturated heterocycles. The van der Waals surface area contributed by atoms with Crippen LogP contribution in [0, 0.1) is 11.7 Å². The van der Waals surface area contributed by atoms with Crippen molar-refractivity contribution in [3.05, 3.63) is 30.1 Å². The monoisotopic (exact) mass is 492 g/mol. The summed E-state index contributed by atoms with van der Waals surface area (Å²) in [7, 11) is 1.78. The molecule has 6 nitrogen and oxygen atoms in total. The molecule has 1 aliphatic heterocycles. The van der Waals surface area contributed by atoms with E-state index in [1.165, 1.54) is 12.1 Å². The minimum atomic E-state index is -0.260. The topological polar surface area (TPSA) is 80.0 Å². The van der Waals surface area contributed by atoms with Gasteiger partial charge in [0, 0.05) is 33.1 Å². The zero-order valence-corrected chi connectivity index (χ0v) is 18.2. The van der Waals surface area contributed by atoms with Crippen LogP contribution in [0.5, 0.6) is 5.75 Å². The van der Waals surface area contributed by atoms with Crippen LogP contribution >= 0.6 is 24.0 Å². The van der Waals surface area contributed by atoms with Gasteiger partial charge < -0.3 is 20.7 Å². The molecule has 0 saturated carbocycles. The van der Waals surface area contributed by atoms with Crippen molar-refractivity contribution in [2.45, 2.75) is 32.1 Å². The van der Waals surface area contributed by atoms with E-state index in [9.17, 15) is 9.18 Å². The minimum absolute atomic E-state index is 0. The lowest BCUT2D eigenvalue weighted by Crippen LogP contribution is -2.47. The van der Waals surface area contributed by atoms with E-state index in [-0.39, 0.29) is 35.7 Å². The highest BCUT2D eigenvalue weighted by Gasteiger charge is 2.23. The number of guanidine groups is 1. The molecule has 8 heteroatoms. The molecule has 1 aromatic carbocycles. The number of primary amides is 1. The molecule has 0 aliphatic carbocycles. The van der Waals surface area contributed by atoms with E-state index >= 15 is 0 Å². The molecule has 2 rings (SSSR count). The molecule has 0 spiro atoms. The Hall–Kier alpha value is -1.58. The van der Waals surface area contributed by atoms with E-state index in [0.717, 1.165) is 51.3 Å². The molecule has 1 heterocycles. The van der Waals surface area contributed by atoms with Gasteiger partial charge in [0.1, 0.15) is 11.6 Å². The number of carbonyl (C=O) groups excluding carboxylic acids is 1. The first-order chi connectivity index (χ1) is 12.6. The molecule has 3 N–H and O–H groups in total. The van der Waals surface area contributed by atoms with Gasteiger partial charge in [-0.25, -0.2) is 4.39 Å². The van der Waals surface area contributed by atoms with Gasteiger partial charge in [0.25, 0.3) is 0 Å². The third-order valence-corrected chi connectivity index (χ3v) is 4.46. The zero-order chi connectivity index (χ0) is 18.8. The number of nitrogens with one attached hydrogen (secondary N) is 1. The normalized spacial score (nSPS) is 17.2. The number of ether oxygens (including phenoxy) is 1. The predicted octanol–water partition coefficient (Wildman–Crippen LogP) is 2.77. The zero-order valence-electron chi connectivity index (χ0n) is 15.8. The molecule has 1 aromatic rings. The number of aliphatic imine (C=N–C) groups is 1.